The minimum Gasteiger partial charge on any atom is -0.473 e. The summed E-state index contributed by atoms with van der Waals surface area (Å²) in [6, 6.07) is 5.71. The van der Waals surface area contributed by atoms with Crippen LogP contribution in [0.2, 0.25) is 0 Å². The Balaban J connectivity index is 1.99. The summed E-state index contributed by atoms with van der Waals surface area (Å²) in [6.45, 7) is 1.83. The molecule has 1 aliphatic rings. The normalized spacial score (nSPS) is 15.5. The Hall–Kier alpha value is -2.55. The molecule has 0 radical (unpaired) electrons. The van der Waals surface area contributed by atoms with Crippen molar-refractivity contribution >= 4 is 5.95 Å². The summed E-state index contributed by atoms with van der Waals surface area (Å²) in [5.74, 6) is 1.57. The molecule has 3 rings (SSSR count). The summed E-state index contributed by atoms with van der Waals surface area (Å²) in [6.07, 6.45) is 5.54. The Labute approximate surface area is 128 Å². The zero-order valence-electron chi connectivity index (χ0n) is 12.5. The number of nitrogens with zero attached hydrogens (tertiary/aromatic N) is 3. The Morgan fingerprint density at radius 1 is 1.27 bits per heavy atom. The van der Waals surface area contributed by atoms with Crippen LogP contribution in [-0.4, -0.2) is 16.1 Å². The first-order chi connectivity index (χ1) is 10.7. The second kappa shape index (κ2) is 6.06. The van der Waals surface area contributed by atoms with E-state index in [-0.39, 0.29) is 23.5 Å². The van der Waals surface area contributed by atoms with Crippen LogP contribution < -0.4 is 10.5 Å². The quantitative estimate of drug-likeness (QED) is 0.934. The lowest BCUT2D eigenvalue weighted by molar-refractivity contribution is 0.148. The van der Waals surface area contributed by atoms with Crippen molar-refractivity contribution in [1.82, 2.24) is 9.97 Å². The maximum Gasteiger partial charge on any atom is 0.237 e. The van der Waals surface area contributed by atoms with Gasteiger partial charge in [-0.2, -0.15) is 10.2 Å². The molecule has 1 fully saturated rings. The number of ether oxygens (including phenoxy) is 1. The Morgan fingerprint density at radius 2 is 2.05 bits per heavy atom. The van der Waals surface area contributed by atoms with Gasteiger partial charge in [0.05, 0.1) is 0 Å². The molecule has 2 aromatic rings. The summed E-state index contributed by atoms with van der Waals surface area (Å²) in [4.78, 5) is 8.26. The van der Waals surface area contributed by atoms with Gasteiger partial charge in [-0.25, -0.2) is 4.98 Å². The van der Waals surface area contributed by atoms with E-state index in [0.29, 0.717) is 11.5 Å². The molecule has 0 atom stereocenters. The number of aromatic nitrogens is 2. The van der Waals surface area contributed by atoms with Crippen LogP contribution in [0.25, 0.3) is 11.5 Å². The predicted octanol–water partition coefficient (Wildman–Crippen LogP) is 3.21. The zero-order chi connectivity index (χ0) is 15.5. The number of hydrogen-bond donors (Lipinski definition) is 1. The molecule has 6 heteroatoms. The first kappa shape index (κ1) is 14.4. The van der Waals surface area contributed by atoms with Crippen molar-refractivity contribution in [2.75, 3.05) is 5.73 Å². The molecule has 1 saturated carbocycles. The van der Waals surface area contributed by atoms with Gasteiger partial charge >= 0.3 is 0 Å². The highest BCUT2D eigenvalue weighted by Crippen LogP contribution is 2.31. The van der Waals surface area contributed by atoms with Gasteiger partial charge in [0.2, 0.25) is 11.8 Å². The molecule has 2 aromatic heterocycles. The molecular formula is C16H18N4O2. The van der Waals surface area contributed by atoms with Crippen molar-refractivity contribution < 1.29 is 9.15 Å². The van der Waals surface area contributed by atoms with Crippen molar-refractivity contribution in [2.24, 2.45) is 0 Å². The highest BCUT2D eigenvalue weighted by atomic mass is 16.5. The zero-order valence-corrected chi connectivity index (χ0v) is 12.5. The van der Waals surface area contributed by atoms with E-state index < -0.39 is 0 Å². The number of furan rings is 1. The Bertz CT molecular complexity index is 711. The average Bonchev–Trinajstić information content (AvgIpc) is 2.94. The molecule has 1 aliphatic carbocycles. The summed E-state index contributed by atoms with van der Waals surface area (Å²) >= 11 is 0. The third-order valence-corrected chi connectivity index (χ3v) is 3.81. The first-order valence-corrected chi connectivity index (χ1v) is 7.48. The molecular weight excluding hydrogens is 280 g/mol. The molecule has 2 N–H and O–H groups in total. The number of nitriles is 1. The van der Waals surface area contributed by atoms with Gasteiger partial charge in [0, 0.05) is 0 Å². The van der Waals surface area contributed by atoms with E-state index >= 15 is 0 Å². The van der Waals surface area contributed by atoms with Crippen LogP contribution in [0.3, 0.4) is 0 Å². The number of hydrogen-bond acceptors (Lipinski definition) is 6. The summed E-state index contributed by atoms with van der Waals surface area (Å²) in [7, 11) is 0. The van der Waals surface area contributed by atoms with Gasteiger partial charge in [-0.05, 0) is 44.7 Å². The molecule has 0 amide bonds. The highest BCUT2D eigenvalue weighted by molar-refractivity contribution is 5.66. The number of rotatable bonds is 3. The minimum atomic E-state index is 0.0777. The van der Waals surface area contributed by atoms with Gasteiger partial charge in [0.1, 0.15) is 29.2 Å². The van der Waals surface area contributed by atoms with Crippen LogP contribution in [0.1, 0.15) is 43.4 Å². The second-order valence-electron chi connectivity index (χ2n) is 5.51. The molecule has 2 heterocycles. The van der Waals surface area contributed by atoms with Crippen LogP contribution in [0, 0.1) is 18.3 Å². The van der Waals surface area contributed by atoms with Gasteiger partial charge < -0.3 is 14.9 Å². The van der Waals surface area contributed by atoms with Crippen LogP contribution in [0.4, 0.5) is 5.95 Å². The fraction of sp³-hybridized carbons (Fsp3) is 0.438. The maximum atomic E-state index is 9.50. The van der Waals surface area contributed by atoms with E-state index in [1.54, 1.807) is 6.07 Å². The van der Waals surface area contributed by atoms with Gasteiger partial charge in [-0.3, -0.25) is 0 Å². The van der Waals surface area contributed by atoms with Gasteiger partial charge in [0.15, 0.2) is 5.76 Å². The lowest BCUT2D eigenvalue weighted by Gasteiger charge is -2.23. The van der Waals surface area contributed by atoms with E-state index in [0.717, 1.165) is 31.4 Å². The third-order valence-electron chi connectivity index (χ3n) is 3.81. The lowest BCUT2D eigenvalue weighted by Crippen LogP contribution is -2.21. The molecule has 0 aliphatic heterocycles. The minimum absolute atomic E-state index is 0.0777. The predicted molar refractivity (Wildman–Crippen MR) is 81.1 cm³/mol. The summed E-state index contributed by atoms with van der Waals surface area (Å²) in [5.41, 5.74) is 6.43. The van der Waals surface area contributed by atoms with E-state index in [1.165, 1.54) is 6.42 Å². The number of nitrogen functional groups attached to an aromatic ring is 1. The molecule has 0 aromatic carbocycles. The maximum absolute atomic E-state index is 9.50. The molecule has 114 valence electrons. The number of nitrogens with two attached hydrogens (primary N) is 1. The largest absolute Gasteiger partial charge is 0.473 e. The van der Waals surface area contributed by atoms with Crippen molar-refractivity contribution in [1.29, 1.82) is 5.26 Å². The first-order valence-electron chi connectivity index (χ1n) is 7.48. The fourth-order valence-corrected chi connectivity index (χ4v) is 2.72. The van der Waals surface area contributed by atoms with Gasteiger partial charge in [-0.15, -0.1) is 0 Å². The highest BCUT2D eigenvalue weighted by Gasteiger charge is 2.22. The third kappa shape index (κ3) is 2.89. The van der Waals surface area contributed by atoms with Crippen LogP contribution in [-0.2, 0) is 0 Å². The van der Waals surface area contributed by atoms with Crippen LogP contribution in [0.5, 0.6) is 5.88 Å². The Kier molecular flexibility index (Phi) is 3.96. The van der Waals surface area contributed by atoms with Crippen molar-refractivity contribution in [2.45, 2.75) is 45.1 Å². The Morgan fingerprint density at radius 3 is 2.68 bits per heavy atom. The average molecular weight is 298 g/mol. The number of aryl methyl sites for hydroxylation is 1. The van der Waals surface area contributed by atoms with Gasteiger partial charge in [-0.1, -0.05) is 6.42 Å². The standard InChI is InChI=1S/C16H18N4O2/c1-10-7-8-13(21-10)14-12(9-17)15(20-16(18)19-14)22-11-5-3-2-4-6-11/h7-8,11H,2-6H2,1H3,(H2,18,19,20). The van der Waals surface area contributed by atoms with E-state index in [4.69, 9.17) is 14.9 Å². The monoisotopic (exact) mass is 298 g/mol. The molecule has 0 spiro atoms. The van der Waals surface area contributed by atoms with Crippen LogP contribution in [0.15, 0.2) is 16.5 Å². The van der Waals surface area contributed by atoms with Gasteiger partial charge in [0.25, 0.3) is 0 Å². The number of anilines is 1. The molecule has 0 unspecified atom stereocenters. The smallest absolute Gasteiger partial charge is 0.237 e. The van der Waals surface area contributed by atoms with E-state index in [2.05, 4.69) is 16.0 Å². The summed E-state index contributed by atoms with van der Waals surface area (Å²) in [5, 5.41) is 9.50. The SMILES string of the molecule is Cc1ccc(-c2nc(N)nc(OC3CCCCC3)c2C#N)o1. The lowest BCUT2D eigenvalue weighted by atomic mass is 9.98. The molecule has 0 bridgehead atoms. The second-order valence-corrected chi connectivity index (χ2v) is 5.51. The fourth-order valence-electron chi connectivity index (χ4n) is 2.72. The van der Waals surface area contributed by atoms with Crippen molar-refractivity contribution in [3.63, 3.8) is 0 Å². The topological polar surface area (TPSA) is 98.0 Å². The van der Waals surface area contributed by atoms with Crippen LogP contribution >= 0.6 is 0 Å². The molecule has 22 heavy (non-hydrogen) atoms. The molecule has 0 saturated heterocycles. The van der Waals surface area contributed by atoms with E-state index in [1.807, 2.05) is 13.0 Å². The van der Waals surface area contributed by atoms with E-state index in [9.17, 15) is 5.26 Å². The van der Waals surface area contributed by atoms with Crippen molar-refractivity contribution in [3.8, 4) is 23.4 Å². The van der Waals surface area contributed by atoms with Crippen molar-refractivity contribution in [3.05, 3.63) is 23.5 Å². The summed E-state index contributed by atoms with van der Waals surface area (Å²) < 4.78 is 11.5. The molecule has 6 nitrogen and oxygen atoms in total.